The molecule has 0 aliphatic carbocycles. The summed E-state index contributed by atoms with van der Waals surface area (Å²) in [6, 6.07) is 0. The second kappa shape index (κ2) is 7.95. The summed E-state index contributed by atoms with van der Waals surface area (Å²) in [5.74, 6) is -0.295. The summed E-state index contributed by atoms with van der Waals surface area (Å²) in [6.45, 7) is 7.51. The molecule has 10 heavy (non-hydrogen) atoms. The van der Waals surface area contributed by atoms with Crippen molar-refractivity contribution in [3.8, 4) is 0 Å². The molecule has 0 saturated heterocycles. The van der Waals surface area contributed by atoms with Gasteiger partial charge in [-0.1, -0.05) is 13.5 Å². The van der Waals surface area contributed by atoms with Crippen LogP contribution in [0, 0.1) is 0 Å². The van der Waals surface area contributed by atoms with Crippen molar-refractivity contribution in [3.63, 3.8) is 0 Å². The fraction of sp³-hybridized carbons (Fsp3) is 0.571. The maximum absolute atomic E-state index is 10.6. The summed E-state index contributed by atoms with van der Waals surface area (Å²) < 4.78 is 4.71. The third kappa shape index (κ3) is 6.96. The molecule has 0 unspecified atom stereocenters. The van der Waals surface area contributed by atoms with Crippen LogP contribution in [0.3, 0.4) is 0 Å². The van der Waals surface area contributed by atoms with E-state index < -0.39 is 0 Å². The van der Waals surface area contributed by atoms with Gasteiger partial charge in [0, 0.05) is 5.57 Å². The van der Waals surface area contributed by atoms with Gasteiger partial charge in [-0.25, -0.2) is 4.79 Å². The molecule has 0 aliphatic heterocycles. The van der Waals surface area contributed by atoms with E-state index in [2.05, 4.69) is 6.58 Å². The zero-order chi connectivity index (χ0) is 7.28. The first-order valence-electron chi connectivity index (χ1n) is 3.01. The molecule has 0 atom stereocenters. The van der Waals surface area contributed by atoms with Crippen molar-refractivity contribution >= 4 is 57.4 Å². The molecule has 0 aromatic rings. The van der Waals surface area contributed by atoms with Crippen LogP contribution >= 0.6 is 0 Å². The van der Waals surface area contributed by atoms with Crippen molar-refractivity contribution in [2.75, 3.05) is 6.61 Å². The van der Waals surface area contributed by atoms with E-state index in [-0.39, 0.29) is 57.4 Å². The van der Waals surface area contributed by atoms with Gasteiger partial charge < -0.3 is 4.74 Å². The molecule has 0 heterocycles. The SMILES string of the molecule is C=C(C)C(=O)OCCC.[KH]. The molecule has 54 valence electrons. The molecule has 2 nitrogen and oxygen atoms in total. The van der Waals surface area contributed by atoms with Crippen LogP contribution in [-0.4, -0.2) is 64.0 Å². The van der Waals surface area contributed by atoms with Crippen LogP contribution in [0.25, 0.3) is 0 Å². The zero-order valence-corrected chi connectivity index (χ0v) is 5.94. The minimum absolute atomic E-state index is 0. The summed E-state index contributed by atoms with van der Waals surface area (Å²) in [5, 5.41) is 0. The van der Waals surface area contributed by atoms with Gasteiger partial charge in [-0.2, -0.15) is 0 Å². The van der Waals surface area contributed by atoms with Crippen LogP contribution in [-0.2, 0) is 9.53 Å². The maximum atomic E-state index is 10.6. The number of carbonyl (C=O) groups is 1. The average Bonchev–Trinajstić information content (AvgIpc) is 1.82. The fourth-order valence-corrected chi connectivity index (χ4v) is 0.318. The third-order valence-electron chi connectivity index (χ3n) is 0.786. The molecule has 0 aromatic carbocycles. The summed E-state index contributed by atoms with van der Waals surface area (Å²) >= 11 is 0. The van der Waals surface area contributed by atoms with E-state index in [4.69, 9.17) is 4.74 Å². The Kier molecular flexibility index (Phi) is 10.7. The Morgan fingerprint density at radius 1 is 1.60 bits per heavy atom. The monoisotopic (exact) mass is 168 g/mol. The summed E-state index contributed by atoms with van der Waals surface area (Å²) in [7, 11) is 0. The van der Waals surface area contributed by atoms with Crippen molar-refractivity contribution in [2.45, 2.75) is 20.3 Å². The van der Waals surface area contributed by atoms with Gasteiger partial charge in [0.2, 0.25) is 0 Å². The number of esters is 1. The molecule has 0 aliphatic rings. The number of hydrogen-bond acceptors (Lipinski definition) is 2. The van der Waals surface area contributed by atoms with E-state index in [0.29, 0.717) is 12.2 Å². The Morgan fingerprint density at radius 2 is 2.10 bits per heavy atom. The van der Waals surface area contributed by atoms with Crippen molar-refractivity contribution < 1.29 is 9.53 Å². The van der Waals surface area contributed by atoms with Crippen molar-refractivity contribution in [1.29, 1.82) is 0 Å². The molecule has 0 N–H and O–H groups in total. The number of carbonyl (C=O) groups excluding carboxylic acids is 1. The van der Waals surface area contributed by atoms with Gasteiger partial charge >= 0.3 is 57.4 Å². The number of hydrogen-bond donors (Lipinski definition) is 0. The molecule has 0 fully saturated rings. The van der Waals surface area contributed by atoms with E-state index in [1.807, 2.05) is 6.92 Å². The van der Waals surface area contributed by atoms with Gasteiger partial charge in [-0.3, -0.25) is 0 Å². The van der Waals surface area contributed by atoms with Gasteiger partial charge in [0.1, 0.15) is 0 Å². The Hall–Kier alpha value is 0.846. The van der Waals surface area contributed by atoms with E-state index in [1.165, 1.54) is 0 Å². The molecule has 0 spiro atoms. The minimum atomic E-state index is -0.295. The van der Waals surface area contributed by atoms with Crippen LogP contribution < -0.4 is 0 Å². The zero-order valence-electron chi connectivity index (χ0n) is 5.94. The van der Waals surface area contributed by atoms with Crippen molar-refractivity contribution in [1.82, 2.24) is 0 Å². The standard InChI is InChI=1S/C7H12O2.K.H/c1-4-5-9-7(8)6(2)3;;/h2,4-5H2,1,3H3;;. The third-order valence-corrected chi connectivity index (χ3v) is 0.786. The predicted octanol–water partition coefficient (Wildman–Crippen LogP) is 0.867. The summed E-state index contributed by atoms with van der Waals surface area (Å²) in [6.07, 6.45) is 0.860. The molecule has 0 amide bonds. The first-order chi connectivity index (χ1) is 4.18. The molecule has 0 bridgehead atoms. The average molecular weight is 168 g/mol. The predicted molar refractivity (Wildman–Crippen MR) is 43.2 cm³/mol. The van der Waals surface area contributed by atoms with Gasteiger partial charge in [-0.05, 0) is 13.3 Å². The normalized spacial score (nSPS) is 7.80. The van der Waals surface area contributed by atoms with Crippen LogP contribution in [0.2, 0.25) is 0 Å². The van der Waals surface area contributed by atoms with Gasteiger partial charge in [0.05, 0.1) is 6.61 Å². The van der Waals surface area contributed by atoms with Crippen molar-refractivity contribution in [2.24, 2.45) is 0 Å². The molecule has 0 rings (SSSR count). The first kappa shape index (κ1) is 13.4. The van der Waals surface area contributed by atoms with Crippen LogP contribution in [0.5, 0.6) is 0 Å². The summed E-state index contributed by atoms with van der Waals surface area (Å²) in [4.78, 5) is 10.6. The summed E-state index contributed by atoms with van der Waals surface area (Å²) in [5.41, 5.74) is 0.462. The molecule has 0 saturated carbocycles. The van der Waals surface area contributed by atoms with Gasteiger partial charge in [-0.15, -0.1) is 0 Å². The van der Waals surface area contributed by atoms with Gasteiger partial charge in [0.15, 0.2) is 0 Å². The van der Waals surface area contributed by atoms with E-state index >= 15 is 0 Å². The Bertz CT molecular complexity index is 121. The van der Waals surface area contributed by atoms with Crippen molar-refractivity contribution in [3.05, 3.63) is 12.2 Å². The topological polar surface area (TPSA) is 26.3 Å². The van der Waals surface area contributed by atoms with Gasteiger partial charge in [0.25, 0.3) is 0 Å². The second-order valence-corrected chi connectivity index (χ2v) is 1.92. The molecular weight excluding hydrogens is 155 g/mol. The second-order valence-electron chi connectivity index (χ2n) is 1.92. The van der Waals surface area contributed by atoms with E-state index in [1.54, 1.807) is 6.92 Å². The Morgan fingerprint density at radius 3 is 2.40 bits per heavy atom. The molecule has 0 aromatic heterocycles. The Labute approximate surface area is 104 Å². The van der Waals surface area contributed by atoms with Crippen LogP contribution in [0.4, 0.5) is 0 Å². The Balaban J connectivity index is 0. The molecule has 3 heteroatoms. The van der Waals surface area contributed by atoms with Crippen LogP contribution in [0.1, 0.15) is 20.3 Å². The first-order valence-corrected chi connectivity index (χ1v) is 3.01. The van der Waals surface area contributed by atoms with E-state index in [9.17, 15) is 4.79 Å². The molecule has 0 radical (unpaired) electrons. The fourth-order valence-electron chi connectivity index (χ4n) is 0.318. The number of rotatable bonds is 3. The number of ether oxygens (including phenoxy) is 1. The quantitative estimate of drug-likeness (QED) is 0.355. The van der Waals surface area contributed by atoms with Crippen LogP contribution in [0.15, 0.2) is 12.2 Å². The molecular formula is C7H13KO2. The van der Waals surface area contributed by atoms with E-state index in [0.717, 1.165) is 6.42 Å².